The third-order valence-corrected chi connectivity index (χ3v) is 5.46. The van der Waals surface area contributed by atoms with Gasteiger partial charge in [-0.1, -0.05) is 23.7 Å². The van der Waals surface area contributed by atoms with Crippen LogP contribution in [0.4, 0.5) is 0 Å². The molecule has 0 aliphatic carbocycles. The van der Waals surface area contributed by atoms with E-state index < -0.39 is 0 Å². The summed E-state index contributed by atoms with van der Waals surface area (Å²) in [5, 5.41) is 4.97. The normalized spacial score (nSPS) is 10.8. The first kappa shape index (κ1) is 15.6. The van der Waals surface area contributed by atoms with Gasteiger partial charge >= 0.3 is 0 Å². The Balaban J connectivity index is 1.98. The summed E-state index contributed by atoms with van der Waals surface area (Å²) < 4.78 is 2.66. The summed E-state index contributed by atoms with van der Waals surface area (Å²) in [6.45, 7) is 1.91. The van der Waals surface area contributed by atoms with Gasteiger partial charge in [-0.15, -0.1) is 11.8 Å². The van der Waals surface area contributed by atoms with Crippen LogP contribution in [0.25, 0.3) is 0 Å². The topological polar surface area (TPSA) is 34.9 Å². The van der Waals surface area contributed by atoms with Crippen LogP contribution in [0.2, 0.25) is 5.02 Å². The van der Waals surface area contributed by atoms with Crippen molar-refractivity contribution in [1.29, 1.82) is 0 Å². The van der Waals surface area contributed by atoms with Crippen molar-refractivity contribution in [1.82, 2.24) is 9.78 Å². The molecule has 0 aliphatic rings. The molecule has 0 bridgehead atoms. The Labute approximate surface area is 135 Å². The predicted molar refractivity (Wildman–Crippen MR) is 86.5 cm³/mol. The SMILES string of the molecule is Cc1nn(C)c(CC(=O)CSc2ccccc2Cl)c1Br. The molecule has 0 N–H and O–H groups in total. The second-order valence-electron chi connectivity index (χ2n) is 4.40. The number of carbonyl (C=O) groups is 1. The zero-order valence-electron chi connectivity index (χ0n) is 11.2. The monoisotopic (exact) mass is 372 g/mol. The molecule has 0 saturated heterocycles. The van der Waals surface area contributed by atoms with Gasteiger partial charge in [0.2, 0.25) is 0 Å². The van der Waals surface area contributed by atoms with Gasteiger partial charge in [0, 0.05) is 11.9 Å². The van der Waals surface area contributed by atoms with Crippen LogP contribution >= 0.6 is 39.3 Å². The lowest BCUT2D eigenvalue weighted by molar-refractivity contribution is -0.116. The third-order valence-electron chi connectivity index (χ3n) is 2.85. The van der Waals surface area contributed by atoms with Crippen molar-refractivity contribution in [2.75, 3.05) is 5.75 Å². The number of ketones is 1. The Morgan fingerprint density at radius 1 is 1.45 bits per heavy atom. The quantitative estimate of drug-likeness (QED) is 0.742. The number of halogens is 2. The number of aromatic nitrogens is 2. The number of carbonyl (C=O) groups excluding carboxylic acids is 1. The highest BCUT2D eigenvalue weighted by Crippen LogP contribution is 2.27. The first-order valence-corrected chi connectivity index (χ1v) is 8.21. The molecule has 0 atom stereocenters. The van der Waals surface area contributed by atoms with Crippen molar-refractivity contribution in [2.45, 2.75) is 18.2 Å². The van der Waals surface area contributed by atoms with E-state index in [-0.39, 0.29) is 5.78 Å². The number of benzene rings is 1. The van der Waals surface area contributed by atoms with Gasteiger partial charge in [0.25, 0.3) is 0 Å². The maximum atomic E-state index is 12.1. The maximum absolute atomic E-state index is 12.1. The van der Waals surface area contributed by atoms with Crippen molar-refractivity contribution >= 4 is 45.1 Å². The molecule has 2 rings (SSSR count). The van der Waals surface area contributed by atoms with E-state index in [1.165, 1.54) is 11.8 Å². The molecule has 1 aromatic heterocycles. The molecular formula is C14H14BrClN2OS. The number of Topliss-reactive ketones (excluding diaryl/α,β-unsaturated/α-hetero) is 1. The van der Waals surface area contributed by atoms with Gasteiger partial charge in [0.05, 0.1) is 33.1 Å². The molecule has 0 saturated carbocycles. The van der Waals surface area contributed by atoms with E-state index in [0.29, 0.717) is 17.2 Å². The van der Waals surface area contributed by atoms with Crippen molar-refractivity contribution in [3.63, 3.8) is 0 Å². The minimum absolute atomic E-state index is 0.151. The fraction of sp³-hybridized carbons (Fsp3) is 0.286. The van der Waals surface area contributed by atoms with Crippen LogP contribution in [-0.2, 0) is 18.3 Å². The lowest BCUT2D eigenvalue weighted by atomic mass is 10.2. The molecule has 0 amide bonds. The highest BCUT2D eigenvalue weighted by atomic mass is 79.9. The standard InChI is InChI=1S/C14H14BrClN2OS/c1-9-14(15)12(18(2)17-9)7-10(19)8-20-13-6-4-3-5-11(13)16/h3-6H,7-8H2,1-2H3. The van der Waals surface area contributed by atoms with Crippen LogP contribution in [0.5, 0.6) is 0 Å². The van der Waals surface area contributed by atoms with Gasteiger partial charge in [-0.25, -0.2) is 0 Å². The summed E-state index contributed by atoms with van der Waals surface area (Å²) in [6.07, 6.45) is 0.370. The van der Waals surface area contributed by atoms with E-state index in [1.807, 2.05) is 38.2 Å². The molecular weight excluding hydrogens is 360 g/mol. The maximum Gasteiger partial charge on any atom is 0.149 e. The largest absolute Gasteiger partial charge is 0.298 e. The number of aryl methyl sites for hydroxylation is 2. The minimum Gasteiger partial charge on any atom is -0.298 e. The molecule has 0 spiro atoms. The second-order valence-corrected chi connectivity index (χ2v) is 6.62. The fourth-order valence-electron chi connectivity index (χ4n) is 1.83. The average Bonchev–Trinajstić information content (AvgIpc) is 2.64. The summed E-state index contributed by atoms with van der Waals surface area (Å²) in [5.74, 6) is 0.555. The van der Waals surface area contributed by atoms with Gasteiger partial charge in [-0.3, -0.25) is 9.48 Å². The van der Waals surface area contributed by atoms with E-state index in [9.17, 15) is 4.79 Å². The van der Waals surface area contributed by atoms with Gasteiger partial charge in [-0.2, -0.15) is 5.10 Å². The molecule has 0 aliphatic heterocycles. The first-order chi connectivity index (χ1) is 9.49. The Morgan fingerprint density at radius 2 is 2.15 bits per heavy atom. The van der Waals surface area contributed by atoms with Gasteiger partial charge in [0.15, 0.2) is 0 Å². The third kappa shape index (κ3) is 3.65. The van der Waals surface area contributed by atoms with E-state index >= 15 is 0 Å². The molecule has 20 heavy (non-hydrogen) atoms. The van der Waals surface area contributed by atoms with Gasteiger partial charge < -0.3 is 0 Å². The lowest BCUT2D eigenvalue weighted by Gasteiger charge is -2.04. The van der Waals surface area contributed by atoms with Crippen molar-refractivity contribution in [3.8, 4) is 0 Å². The lowest BCUT2D eigenvalue weighted by Crippen LogP contribution is -2.10. The van der Waals surface area contributed by atoms with E-state index in [0.717, 1.165) is 20.8 Å². The van der Waals surface area contributed by atoms with Crippen molar-refractivity contribution < 1.29 is 4.79 Å². The van der Waals surface area contributed by atoms with Crippen LogP contribution in [0.15, 0.2) is 33.6 Å². The first-order valence-electron chi connectivity index (χ1n) is 6.06. The molecule has 6 heteroatoms. The molecule has 1 aromatic carbocycles. The van der Waals surface area contributed by atoms with Crippen LogP contribution < -0.4 is 0 Å². The predicted octanol–water partition coefficient (Wildman–Crippen LogP) is 4.05. The van der Waals surface area contributed by atoms with Crippen LogP contribution in [0.3, 0.4) is 0 Å². The van der Waals surface area contributed by atoms with Gasteiger partial charge in [-0.05, 0) is 35.0 Å². The summed E-state index contributed by atoms with van der Waals surface area (Å²) in [7, 11) is 1.85. The Hall–Kier alpha value is -0.780. The Morgan fingerprint density at radius 3 is 2.75 bits per heavy atom. The number of hydrogen-bond donors (Lipinski definition) is 0. The van der Waals surface area contributed by atoms with E-state index in [1.54, 1.807) is 4.68 Å². The summed E-state index contributed by atoms with van der Waals surface area (Å²) in [5.41, 5.74) is 1.81. The summed E-state index contributed by atoms with van der Waals surface area (Å²) in [4.78, 5) is 13.0. The fourth-order valence-corrected chi connectivity index (χ4v) is 3.40. The van der Waals surface area contributed by atoms with Crippen molar-refractivity contribution in [3.05, 3.63) is 45.1 Å². The molecule has 2 aromatic rings. The second kappa shape index (κ2) is 6.78. The van der Waals surface area contributed by atoms with Gasteiger partial charge in [0.1, 0.15) is 5.78 Å². The molecule has 3 nitrogen and oxygen atoms in total. The number of nitrogens with zero attached hydrogens (tertiary/aromatic N) is 2. The minimum atomic E-state index is 0.151. The van der Waals surface area contributed by atoms with E-state index in [2.05, 4.69) is 21.0 Å². The molecule has 106 valence electrons. The zero-order chi connectivity index (χ0) is 14.7. The van der Waals surface area contributed by atoms with Crippen LogP contribution in [0, 0.1) is 6.92 Å². The average molecular weight is 374 g/mol. The summed E-state index contributed by atoms with van der Waals surface area (Å²) >= 11 is 11.0. The number of rotatable bonds is 5. The van der Waals surface area contributed by atoms with Crippen LogP contribution in [-0.4, -0.2) is 21.3 Å². The van der Waals surface area contributed by atoms with Crippen molar-refractivity contribution in [2.24, 2.45) is 7.05 Å². The Kier molecular flexibility index (Phi) is 5.29. The number of thioether (sulfide) groups is 1. The zero-order valence-corrected chi connectivity index (χ0v) is 14.3. The van der Waals surface area contributed by atoms with E-state index in [4.69, 9.17) is 11.6 Å². The molecule has 0 fully saturated rings. The molecule has 0 unspecified atom stereocenters. The smallest absolute Gasteiger partial charge is 0.149 e. The van der Waals surface area contributed by atoms with Crippen LogP contribution in [0.1, 0.15) is 11.4 Å². The number of hydrogen-bond acceptors (Lipinski definition) is 3. The highest BCUT2D eigenvalue weighted by molar-refractivity contribution is 9.10. The molecule has 0 radical (unpaired) electrons. The summed E-state index contributed by atoms with van der Waals surface area (Å²) in [6, 6.07) is 7.54. The Bertz CT molecular complexity index is 642. The molecule has 1 heterocycles. The highest BCUT2D eigenvalue weighted by Gasteiger charge is 2.14.